The smallest absolute Gasteiger partial charge is 0.343 e. The highest BCUT2D eigenvalue weighted by Crippen LogP contribution is 2.37. The van der Waals surface area contributed by atoms with Gasteiger partial charge in [0.1, 0.15) is 5.57 Å². The van der Waals surface area contributed by atoms with Crippen molar-refractivity contribution in [1.82, 2.24) is 0 Å². The van der Waals surface area contributed by atoms with Crippen molar-refractivity contribution in [2.45, 2.75) is 20.8 Å². The number of rotatable bonds is 3. The molecule has 0 N–H and O–H groups in total. The van der Waals surface area contributed by atoms with Crippen LogP contribution >= 0.6 is 23.2 Å². The van der Waals surface area contributed by atoms with Gasteiger partial charge in [0.25, 0.3) is 0 Å². The Labute approximate surface area is 174 Å². The highest BCUT2D eigenvalue weighted by atomic mass is 35.5. The maximum absolute atomic E-state index is 13.1. The normalized spacial score (nSPS) is 15.6. The van der Waals surface area contributed by atoms with E-state index in [0.717, 1.165) is 16.8 Å². The second-order valence-electron chi connectivity index (χ2n) is 6.66. The van der Waals surface area contributed by atoms with Gasteiger partial charge in [0.05, 0.1) is 12.8 Å². The number of Topliss-reactive ketones (excluding diaryl/α,β-unsaturated/α-hetero) is 1. The van der Waals surface area contributed by atoms with Gasteiger partial charge in [0.2, 0.25) is 5.78 Å². The molecule has 0 bridgehead atoms. The summed E-state index contributed by atoms with van der Waals surface area (Å²) >= 11 is 12.3. The van der Waals surface area contributed by atoms with Gasteiger partial charge >= 0.3 is 5.97 Å². The Morgan fingerprint density at radius 1 is 1.04 bits per heavy atom. The van der Waals surface area contributed by atoms with Crippen LogP contribution in [0.5, 0.6) is 0 Å². The van der Waals surface area contributed by atoms with E-state index in [2.05, 4.69) is 0 Å². The number of hydrogen-bond acceptors (Lipinski definition) is 4. The molecule has 0 aliphatic carbocycles. The molecule has 0 atom stereocenters. The van der Waals surface area contributed by atoms with Crippen LogP contribution in [0.1, 0.15) is 23.6 Å². The third kappa shape index (κ3) is 3.71. The lowest BCUT2D eigenvalue weighted by Crippen LogP contribution is -2.18. The lowest BCUT2D eigenvalue weighted by molar-refractivity contribution is -0.137. The van der Waals surface area contributed by atoms with Gasteiger partial charge < -0.3 is 9.64 Å². The third-order valence-electron chi connectivity index (χ3n) is 4.51. The van der Waals surface area contributed by atoms with Crippen LogP contribution in [0.15, 0.2) is 53.4 Å². The second-order valence-corrected chi connectivity index (χ2v) is 7.50. The molecule has 2 aromatic rings. The van der Waals surface area contributed by atoms with E-state index in [4.69, 9.17) is 27.9 Å². The lowest BCUT2D eigenvalue weighted by atomic mass is 10.1. The first kappa shape index (κ1) is 20.2. The Kier molecular flexibility index (Phi) is 5.64. The number of methoxy groups -OCH3 is 1. The van der Waals surface area contributed by atoms with Crippen LogP contribution < -0.4 is 4.90 Å². The molecular weight excluding hydrogens is 397 g/mol. The molecular formula is C22H19Cl2NO3. The minimum Gasteiger partial charge on any atom is -0.465 e. The zero-order valence-corrected chi connectivity index (χ0v) is 17.5. The van der Waals surface area contributed by atoms with E-state index < -0.39 is 11.8 Å². The van der Waals surface area contributed by atoms with Crippen LogP contribution in [-0.2, 0) is 14.3 Å². The number of esters is 1. The maximum atomic E-state index is 13.1. The number of halogens is 2. The Morgan fingerprint density at radius 2 is 1.68 bits per heavy atom. The zero-order valence-electron chi connectivity index (χ0n) is 16.0. The summed E-state index contributed by atoms with van der Waals surface area (Å²) in [6.07, 6.45) is 1.66. The van der Waals surface area contributed by atoms with Crippen LogP contribution in [-0.4, -0.2) is 18.9 Å². The van der Waals surface area contributed by atoms with Crippen LogP contribution in [0.2, 0.25) is 10.0 Å². The molecule has 6 heteroatoms. The standard InChI is InChI=1S/C22H19Cl2NO3/c1-12-7-13(2)9-17(8-12)25-14(3)20(22(27)28-4)21(26)19(25)10-15-5-6-16(23)11-18(15)24/h5-11H,1-4H3/b19-10+. The summed E-state index contributed by atoms with van der Waals surface area (Å²) in [5.41, 5.74) is 4.36. The number of ketones is 1. The van der Waals surface area contributed by atoms with E-state index in [9.17, 15) is 9.59 Å². The quantitative estimate of drug-likeness (QED) is 0.377. The van der Waals surface area contributed by atoms with Gasteiger partial charge in [0, 0.05) is 21.4 Å². The van der Waals surface area contributed by atoms with Crippen molar-refractivity contribution in [3.05, 3.63) is 80.1 Å². The van der Waals surface area contributed by atoms with Gasteiger partial charge in [-0.25, -0.2) is 4.79 Å². The van der Waals surface area contributed by atoms with E-state index in [1.807, 2.05) is 32.0 Å². The minimum absolute atomic E-state index is 0.0120. The molecule has 0 aromatic heterocycles. The van der Waals surface area contributed by atoms with Crippen molar-refractivity contribution >= 4 is 46.7 Å². The lowest BCUT2D eigenvalue weighted by Gasteiger charge is -2.23. The summed E-state index contributed by atoms with van der Waals surface area (Å²) in [5.74, 6) is -1.07. The summed E-state index contributed by atoms with van der Waals surface area (Å²) in [6.45, 7) is 5.69. The summed E-state index contributed by atoms with van der Waals surface area (Å²) in [7, 11) is 1.26. The Hall–Kier alpha value is -2.56. The maximum Gasteiger partial charge on any atom is 0.343 e. The molecule has 0 saturated heterocycles. The number of carbonyl (C=O) groups is 2. The largest absolute Gasteiger partial charge is 0.465 e. The molecule has 28 heavy (non-hydrogen) atoms. The fraction of sp³-hybridized carbons (Fsp3) is 0.182. The number of ether oxygens (including phenoxy) is 1. The van der Waals surface area contributed by atoms with Crippen LogP contribution in [0.3, 0.4) is 0 Å². The number of hydrogen-bond donors (Lipinski definition) is 0. The highest BCUT2D eigenvalue weighted by Gasteiger charge is 2.38. The first-order chi connectivity index (χ1) is 13.2. The Balaban J connectivity index is 2.23. The third-order valence-corrected chi connectivity index (χ3v) is 5.07. The number of nitrogens with zero attached hydrogens (tertiary/aromatic N) is 1. The van der Waals surface area contributed by atoms with Crippen molar-refractivity contribution in [1.29, 1.82) is 0 Å². The Morgan fingerprint density at radius 3 is 2.25 bits per heavy atom. The molecule has 3 rings (SSSR count). The zero-order chi connectivity index (χ0) is 20.6. The SMILES string of the molecule is COC(=O)C1=C(C)N(c2cc(C)cc(C)c2)/C(=C/c2ccc(Cl)cc2Cl)C1=O. The summed E-state index contributed by atoms with van der Waals surface area (Å²) in [5, 5.41) is 0.915. The predicted octanol–water partition coefficient (Wildman–Crippen LogP) is 5.49. The van der Waals surface area contributed by atoms with Crippen molar-refractivity contribution in [2.24, 2.45) is 0 Å². The molecule has 1 heterocycles. The van der Waals surface area contributed by atoms with Crippen LogP contribution in [0.25, 0.3) is 6.08 Å². The summed E-state index contributed by atoms with van der Waals surface area (Å²) in [6, 6.07) is 11.0. The molecule has 2 aromatic carbocycles. The summed E-state index contributed by atoms with van der Waals surface area (Å²) in [4.78, 5) is 27.1. The van der Waals surface area contributed by atoms with Crippen molar-refractivity contribution in [3.8, 4) is 0 Å². The molecule has 1 aliphatic heterocycles. The molecule has 0 spiro atoms. The minimum atomic E-state index is -0.664. The second kappa shape index (κ2) is 7.82. The predicted molar refractivity (Wildman–Crippen MR) is 113 cm³/mol. The fourth-order valence-corrected chi connectivity index (χ4v) is 3.80. The average Bonchev–Trinajstić information content (AvgIpc) is 2.86. The molecule has 4 nitrogen and oxygen atoms in total. The van der Waals surface area contributed by atoms with E-state index in [1.54, 1.807) is 36.1 Å². The average molecular weight is 416 g/mol. The number of allylic oxidation sites excluding steroid dienone is 2. The van der Waals surface area contributed by atoms with Crippen molar-refractivity contribution < 1.29 is 14.3 Å². The van der Waals surface area contributed by atoms with Crippen molar-refractivity contribution in [2.75, 3.05) is 12.0 Å². The van der Waals surface area contributed by atoms with E-state index in [1.165, 1.54) is 7.11 Å². The van der Waals surface area contributed by atoms with E-state index in [-0.39, 0.29) is 5.57 Å². The van der Waals surface area contributed by atoms with Gasteiger partial charge in [-0.15, -0.1) is 0 Å². The number of carbonyl (C=O) groups excluding carboxylic acids is 2. The summed E-state index contributed by atoms with van der Waals surface area (Å²) < 4.78 is 4.83. The first-order valence-electron chi connectivity index (χ1n) is 8.62. The fourth-order valence-electron chi connectivity index (χ4n) is 3.34. The van der Waals surface area contributed by atoms with Gasteiger partial charge in [-0.05, 0) is 67.8 Å². The van der Waals surface area contributed by atoms with Crippen LogP contribution in [0, 0.1) is 13.8 Å². The molecule has 0 saturated carbocycles. The Bertz CT molecular complexity index is 1030. The van der Waals surface area contributed by atoms with Gasteiger partial charge in [-0.1, -0.05) is 35.3 Å². The van der Waals surface area contributed by atoms with Gasteiger partial charge in [0.15, 0.2) is 0 Å². The molecule has 0 unspecified atom stereocenters. The van der Waals surface area contributed by atoms with E-state index in [0.29, 0.717) is 27.0 Å². The monoisotopic (exact) mass is 415 g/mol. The molecule has 144 valence electrons. The highest BCUT2D eigenvalue weighted by molar-refractivity contribution is 6.36. The molecule has 0 fully saturated rings. The number of benzene rings is 2. The van der Waals surface area contributed by atoms with Gasteiger partial charge in [-0.2, -0.15) is 0 Å². The van der Waals surface area contributed by atoms with Crippen molar-refractivity contribution in [3.63, 3.8) is 0 Å². The topological polar surface area (TPSA) is 46.6 Å². The first-order valence-corrected chi connectivity index (χ1v) is 9.37. The van der Waals surface area contributed by atoms with Gasteiger partial charge in [-0.3, -0.25) is 4.79 Å². The molecule has 0 radical (unpaired) electrons. The number of anilines is 1. The molecule has 1 aliphatic rings. The van der Waals surface area contributed by atoms with Crippen LogP contribution in [0.4, 0.5) is 5.69 Å². The van der Waals surface area contributed by atoms with E-state index >= 15 is 0 Å². The number of aryl methyl sites for hydroxylation is 2. The molecule has 0 amide bonds.